The van der Waals surface area contributed by atoms with Gasteiger partial charge in [0, 0.05) is 11.5 Å². The second-order valence-corrected chi connectivity index (χ2v) is 9.74. The predicted octanol–water partition coefficient (Wildman–Crippen LogP) is 4.98. The van der Waals surface area contributed by atoms with Crippen LogP contribution in [-0.2, 0) is 19.1 Å². The fourth-order valence-electron chi connectivity index (χ4n) is 5.97. The normalized spacial score (nSPS) is 31.7. The first-order valence-corrected chi connectivity index (χ1v) is 10.9. The van der Waals surface area contributed by atoms with Crippen molar-refractivity contribution in [2.45, 2.75) is 78.6 Å². The van der Waals surface area contributed by atoms with Gasteiger partial charge in [-0.1, -0.05) is 38.0 Å². The van der Waals surface area contributed by atoms with Gasteiger partial charge in [-0.2, -0.15) is 0 Å². The van der Waals surface area contributed by atoms with Gasteiger partial charge in [0.05, 0.1) is 19.4 Å². The van der Waals surface area contributed by atoms with Crippen molar-refractivity contribution in [3.05, 3.63) is 23.8 Å². The molecule has 2 N–H and O–H groups in total. The van der Waals surface area contributed by atoms with E-state index in [1.54, 1.807) is 0 Å². The SMILES string of the molecule is C=C1CC[C@H]2[C@@](C)(COC(=O)CCC(=O)O)CCC[C@]2(C)[C@H]1CC/C(C)=C/C(=O)O. The van der Waals surface area contributed by atoms with Crippen LogP contribution in [0.4, 0.5) is 0 Å². The van der Waals surface area contributed by atoms with Gasteiger partial charge in [0.15, 0.2) is 0 Å². The van der Waals surface area contributed by atoms with Crippen molar-refractivity contribution in [1.82, 2.24) is 0 Å². The van der Waals surface area contributed by atoms with Crippen molar-refractivity contribution in [1.29, 1.82) is 0 Å². The summed E-state index contributed by atoms with van der Waals surface area (Å²) in [6.07, 6.45) is 7.67. The molecule has 0 heterocycles. The van der Waals surface area contributed by atoms with Crippen LogP contribution in [0.25, 0.3) is 0 Å². The van der Waals surface area contributed by atoms with Crippen LogP contribution in [-0.4, -0.2) is 34.7 Å². The Kier molecular flexibility index (Phi) is 7.89. The summed E-state index contributed by atoms with van der Waals surface area (Å²) in [5.74, 6) is -1.66. The molecule has 4 atom stereocenters. The number of esters is 1. The number of allylic oxidation sites excluding steroid dienone is 2. The minimum absolute atomic E-state index is 0.0410. The number of rotatable bonds is 9. The number of ether oxygens (including phenoxy) is 1. The number of carbonyl (C=O) groups excluding carboxylic acids is 1. The average molecular weight is 421 g/mol. The molecule has 0 aromatic heterocycles. The Morgan fingerprint density at radius 1 is 1.17 bits per heavy atom. The zero-order chi connectivity index (χ0) is 22.5. The molecule has 2 rings (SSSR count). The van der Waals surface area contributed by atoms with Gasteiger partial charge in [-0.05, 0) is 62.7 Å². The van der Waals surface area contributed by atoms with Crippen LogP contribution in [0.1, 0.15) is 78.6 Å². The minimum Gasteiger partial charge on any atom is -0.481 e. The number of aliphatic carboxylic acids is 2. The Morgan fingerprint density at radius 3 is 2.50 bits per heavy atom. The zero-order valence-electron chi connectivity index (χ0n) is 18.5. The van der Waals surface area contributed by atoms with E-state index in [1.807, 2.05) is 6.92 Å². The van der Waals surface area contributed by atoms with Gasteiger partial charge in [0.1, 0.15) is 0 Å². The molecule has 0 bridgehead atoms. The van der Waals surface area contributed by atoms with Crippen LogP contribution in [0.3, 0.4) is 0 Å². The van der Waals surface area contributed by atoms with E-state index >= 15 is 0 Å². The summed E-state index contributed by atoms with van der Waals surface area (Å²) in [7, 11) is 0. The lowest BCUT2D eigenvalue weighted by atomic mass is 9.47. The lowest BCUT2D eigenvalue weighted by molar-refractivity contribution is -0.157. The van der Waals surface area contributed by atoms with Gasteiger partial charge in [-0.25, -0.2) is 4.79 Å². The van der Waals surface area contributed by atoms with Gasteiger partial charge < -0.3 is 14.9 Å². The van der Waals surface area contributed by atoms with Gasteiger partial charge >= 0.3 is 17.9 Å². The van der Waals surface area contributed by atoms with Crippen molar-refractivity contribution in [3.8, 4) is 0 Å². The summed E-state index contributed by atoms with van der Waals surface area (Å²) in [6.45, 7) is 11.1. The third-order valence-corrected chi connectivity index (χ3v) is 7.45. The molecular formula is C24H36O6. The molecule has 2 fully saturated rings. The van der Waals surface area contributed by atoms with E-state index in [0.29, 0.717) is 18.4 Å². The highest BCUT2D eigenvalue weighted by Crippen LogP contribution is 2.62. The summed E-state index contributed by atoms with van der Waals surface area (Å²) in [5, 5.41) is 17.7. The highest BCUT2D eigenvalue weighted by molar-refractivity contribution is 5.80. The zero-order valence-corrected chi connectivity index (χ0v) is 18.5. The van der Waals surface area contributed by atoms with E-state index in [2.05, 4.69) is 20.4 Å². The number of carboxylic acid groups (broad SMARTS) is 2. The molecule has 0 aromatic carbocycles. The molecule has 0 aromatic rings. The van der Waals surface area contributed by atoms with E-state index in [0.717, 1.165) is 50.5 Å². The molecule has 0 amide bonds. The predicted molar refractivity (Wildman–Crippen MR) is 114 cm³/mol. The molecule has 2 aliphatic rings. The average Bonchev–Trinajstić information content (AvgIpc) is 2.63. The minimum atomic E-state index is -0.996. The third-order valence-electron chi connectivity index (χ3n) is 7.45. The van der Waals surface area contributed by atoms with E-state index in [9.17, 15) is 14.4 Å². The molecule has 2 aliphatic carbocycles. The van der Waals surface area contributed by atoms with Crippen molar-refractivity contribution in [2.75, 3.05) is 6.61 Å². The molecule has 6 nitrogen and oxygen atoms in total. The second kappa shape index (κ2) is 9.80. The van der Waals surface area contributed by atoms with Crippen LogP contribution in [0, 0.1) is 22.7 Å². The fraction of sp³-hybridized carbons (Fsp3) is 0.708. The fourth-order valence-corrected chi connectivity index (χ4v) is 5.97. The summed E-state index contributed by atoms with van der Waals surface area (Å²) in [5.41, 5.74) is 2.02. The summed E-state index contributed by atoms with van der Waals surface area (Å²) in [4.78, 5) is 33.6. The van der Waals surface area contributed by atoms with Crippen LogP contribution in [0.15, 0.2) is 23.8 Å². The molecule has 6 heteroatoms. The standard InChI is InChI=1S/C24H36O6/c1-16(14-21(27)28)6-8-18-17(2)7-9-19-23(3,12-5-13-24(18,19)4)15-30-22(29)11-10-20(25)26/h14,18-19H,2,5-13,15H2,1,3-4H3,(H,25,26)(H,27,28)/b16-14+/t18-,19-,23+,24+/m0/s1. The molecule has 2 saturated carbocycles. The van der Waals surface area contributed by atoms with E-state index in [-0.39, 0.29) is 23.7 Å². The van der Waals surface area contributed by atoms with Crippen LogP contribution in [0.5, 0.6) is 0 Å². The van der Waals surface area contributed by atoms with Crippen molar-refractivity contribution in [3.63, 3.8) is 0 Å². The maximum absolute atomic E-state index is 12.0. The largest absolute Gasteiger partial charge is 0.481 e. The number of hydrogen-bond donors (Lipinski definition) is 2. The Morgan fingerprint density at radius 2 is 1.87 bits per heavy atom. The quantitative estimate of drug-likeness (QED) is 0.310. The molecule has 0 spiro atoms. The molecule has 0 aliphatic heterocycles. The Hall–Kier alpha value is -2.11. The van der Waals surface area contributed by atoms with Crippen molar-refractivity contribution >= 4 is 17.9 Å². The van der Waals surface area contributed by atoms with Crippen LogP contribution < -0.4 is 0 Å². The monoisotopic (exact) mass is 420 g/mol. The molecule has 0 unspecified atom stereocenters. The van der Waals surface area contributed by atoms with Gasteiger partial charge in [-0.3, -0.25) is 9.59 Å². The van der Waals surface area contributed by atoms with Crippen molar-refractivity contribution < 1.29 is 29.3 Å². The number of carbonyl (C=O) groups is 3. The Bertz CT molecular complexity index is 723. The summed E-state index contributed by atoms with van der Waals surface area (Å²) in [6, 6.07) is 0. The van der Waals surface area contributed by atoms with E-state index < -0.39 is 17.9 Å². The number of hydrogen-bond acceptors (Lipinski definition) is 4. The summed E-state index contributed by atoms with van der Waals surface area (Å²) < 4.78 is 5.53. The highest BCUT2D eigenvalue weighted by Gasteiger charge is 2.54. The molecule has 168 valence electrons. The first-order chi connectivity index (χ1) is 14.0. The molecule has 30 heavy (non-hydrogen) atoms. The molecule has 0 saturated heterocycles. The van der Waals surface area contributed by atoms with Crippen molar-refractivity contribution in [2.24, 2.45) is 22.7 Å². The molecular weight excluding hydrogens is 384 g/mol. The van der Waals surface area contributed by atoms with Gasteiger partial charge in [0.2, 0.25) is 0 Å². The summed E-state index contributed by atoms with van der Waals surface area (Å²) >= 11 is 0. The maximum atomic E-state index is 12.0. The molecule has 0 radical (unpaired) electrons. The maximum Gasteiger partial charge on any atom is 0.328 e. The smallest absolute Gasteiger partial charge is 0.328 e. The Balaban J connectivity index is 2.11. The number of fused-ring (bicyclic) bond motifs is 1. The van der Waals surface area contributed by atoms with Crippen LogP contribution in [0.2, 0.25) is 0 Å². The highest BCUT2D eigenvalue weighted by atomic mass is 16.5. The first-order valence-electron chi connectivity index (χ1n) is 10.9. The van der Waals surface area contributed by atoms with E-state index in [1.165, 1.54) is 11.6 Å². The van der Waals surface area contributed by atoms with E-state index in [4.69, 9.17) is 14.9 Å². The van der Waals surface area contributed by atoms with Crippen LogP contribution >= 0.6 is 0 Å². The number of carboxylic acids is 2. The first kappa shape index (κ1) is 24.2. The lowest BCUT2D eigenvalue weighted by Crippen LogP contribution is -2.52. The van der Waals surface area contributed by atoms with Gasteiger partial charge in [-0.15, -0.1) is 0 Å². The Labute approximate surface area is 179 Å². The topological polar surface area (TPSA) is 101 Å². The third kappa shape index (κ3) is 5.73. The van der Waals surface area contributed by atoms with Gasteiger partial charge in [0.25, 0.3) is 0 Å². The lowest BCUT2D eigenvalue weighted by Gasteiger charge is -2.58. The second-order valence-electron chi connectivity index (χ2n) is 9.74.